The van der Waals surface area contributed by atoms with Crippen LogP contribution in [0.15, 0.2) is 24.5 Å². The SMILES string of the molecule is CC(Cc1ccncc1)NS(=O)C(C)(C)C. The molecule has 0 bridgehead atoms. The van der Waals surface area contributed by atoms with Gasteiger partial charge < -0.3 is 0 Å². The van der Waals surface area contributed by atoms with E-state index in [0.717, 1.165) is 6.42 Å². The number of pyridine rings is 1. The number of rotatable bonds is 4. The Morgan fingerprint density at radius 2 is 1.94 bits per heavy atom. The minimum atomic E-state index is -1.01. The van der Waals surface area contributed by atoms with Gasteiger partial charge in [-0.3, -0.25) is 4.98 Å². The van der Waals surface area contributed by atoms with Crippen LogP contribution in [0, 0.1) is 0 Å². The van der Waals surface area contributed by atoms with Crippen LogP contribution in [-0.2, 0) is 17.4 Å². The molecule has 1 aromatic rings. The maximum atomic E-state index is 11.9. The van der Waals surface area contributed by atoms with Gasteiger partial charge in [0.25, 0.3) is 0 Å². The van der Waals surface area contributed by atoms with Crippen molar-refractivity contribution in [3.8, 4) is 0 Å². The standard InChI is InChI=1S/C12H20N2OS/c1-10(14-16(15)12(2,3)4)9-11-5-7-13-8-6-11/h5-8,10,14H,9H2,1-4H3. The highest BCUT2D eigenvalue weighted by molar-refractivity contribution is 7.84. The van der Waals surface area contributed by atoms with Gasteiger partial charge in [0.1, 0.15) is 0 Å². The summed E-state index contributed by atoms with van der Waals surface area (Å²) in [5.74, 6) is 0. The summed E-state index contributed by atoms with van der Waals surface area (Å²) < 4.78 is 14.8. The fourth-order valence-corrected chi connectivity index (χ4v) is 2.08. The molecule has 1 heterocycles. The first-order valence-electron chi connectivity index (χ1n) is 5.46. The largest absolute Gasteiger partial charge is 0.265 e. The van der Waals surface area contributed by atoms with Crippen molar-refractivity contribution in [2.75, 3.05) is 0 Å². The van der Waals surface area contributed by atoms with Crippen LogP contribution in [-0.4, -0.2) is 20.0 Å². The zero-order chi connectivity index (χ0) is 12.2. The van der Waals surface area contributed by atoms with Crippen LogP contribution in [0.5, 0.6) is 0 Å². The van der Waals surface area contributed by atoms with Gasteiger partial charge in [0.05, 0.1) is 15.7 Å². The molecule has 0 aliphatic carbocycles. The van der Waals surface area contributed by atoms with E-state index in [-0.39, 0.29) is 10.8 Å². The summed E-state index contributed by atoms with van der Waals surface area (Å²) in [6.45, 7) is 7.95. The van der Waals surface area contributed by atoms with Crippen molar-refractivity contribution in [2.24, 2.45) is 0 Å². The Hall–Kier alpha value is -0.740. The molecule has 0 amide bonds. The van der Waals surface area contributed by atoms with Crippen LogP contribution in [0.3, 0.4) is 0 Å². The van der Waals surface area contributed by atoms with Crippen LogP contribution in [0.1, 0.15) is 33.3 Å². The molecule has 0 aliphatic heterocycles. The molecular formula is C12H20N2OS. The summed E-state index contributed by atoms with van der Waals surface area (Å²) in [6.07, 6.45) is 4.43. The minimum absolute atomic E-state index is 0.197. The Morgan fingerprint density at radius 3 is 2.44 bits per heavy atom. The van der Waals surface area contributed by atoms with E-state index in [1.807, 2.05) is 39.8 Å². The number of nitrogens with zero attached hydrogens (tertiary/aromatic N) is 1. The van der Waals surface area contributed by atoms with E-state index in [1.54, 1.807) is 12.4 Å². The predicted molar refractivity (Wildman–Crippen MR) is 68.4 cm³/mol. The molecule has 0 spiro atoms. The van der Waals surface area contributed by atoms with Crippen LogP contribution in [0.25, 0.3) is 0 Å². The van der Waals surface area contributed by atoms with Crippen molar-refractivity contribution in [2.45, 2.75) is 44.9 Å². The summed E-state index contributed by atoms with van der Waals surface area (Å²) in [6, 6.07) is 4.17. The van der Waals surface area contributed by atoms with Gasteiger partial charge in [-0.2, -0.15) is 0 Å². The number of hydrogen-bond donors (Lipinski definition) is 1. The van der Waals surface area contributed by atoms with E-state index in [2.05, 4.69) is 9.71 Å². The fourth-order valence-electron chi connectivity index (χ4n) is 1.27. The van der Waals surface area contributed by atoms with E-state index in [9.17, 15) is 4.21 Å². The second kappa shape index (κ2) is 5.55. The van der Waals surface area contributed by atoms with Gasteiger partial charge in [0.2, 0.25) is 0 Å². The van der Waals surface area contributed by atoms with E-state index < -0.39 is 11.0 Å². The summed E-state index contributed by atoms with van der Waals surface area (Å²) in [5.41, 5.74) is 1.21. The average Bonchev–Trinajstić information content (AvgIpc) is 2.17. The lowest BCUT2D eigenvalue weighted by Crippen LogP contribution is -2.39. The second-order valence-corrected chi connectivity index (χ2v) is 6.96. The lowest BCUT2D eigenvalue weighted by Gasteiger charge is -2.21. The summed E-state index contributed by atoms with van der Waals surface area (Å²) >= 11 is 0. The minimum Gasteiger partial charge on any atom is -0.265 e. The molecule has 0 fully saturated rings. The molecule has 0 aromatic carbocycles. The summed E-state index contributed by atoms with van der Waals surface area (Å²) in [4.78, 5) is 3.97. The fraction of sp³-hybridized carbons (Fsp3) is 0.583. The smallest absolute Gasteiger partial charge is 0.0972 e. The Morgan fingerprint density at radius 1 is 1.38 bits per heavy atom. The normalized spacial score (nSPS) is 15.8. The van der Waals surface area contributed by atoms with Gasteiger partial charge in [-0.05, 0) is 51.8 Å². The van der Waals surface area contributed by atoms with Crippen LogP contribution in [0.2, 0.25) is 0 Å². The van der Waals surface area contributed by atoms with Crippen molar-refractivity contribution in [1.29, 1.82) is 0 Å². The van der Waals surface area contributed by atoms with Crippen molar-refractivity contribution < 1.29 is 4.21 Å². The van der Waals surface area contributed by atoms with Gasteiger partial charge in [0, 0.05) is 18.4 Å². The molecule has 0 aliphatic rings. The zero-order valence-corrected chi connectivity index (χ0v) is 11.2. The Bertz CT molecular complexity index is 346. The molecule has 3 nitrogen and oxygen atoms in total. The second-order valence-electron chi connectivity index (χ2n) is 4.96. The maximum Gasteiger partial charge on any atom is 0.0972 e. The van der Waals surface area contributed by atoms with Gasteiger partial charge in [-0.25, -0.2) is 8.93 Å². The summed E-state index contributed by atoms with van der Waals surface area (Å²) in [7, 11) is -1.01. The quantitative estimate of drug-likeness (QED) is 0.875. The number of aromatic nitrogens is 1. The van der Waals surface area contributed by atoms with Crippen molar-refractivity contribution in [1.82, 2.24) is 9.71 Å². The molecule has 1 aromatic heterocycles. The highest BCUT2D eigenvalue weighted by atomic mass is 32.2. The van der Waals surface area contributed by atoms with Gasteiger partial charge in [-0.15, -0.1) is 0 Å². The Kier molecular flexibility index (Phi) is 4.62. The van der Waals surface area contributed by atoms with Crippen molar-refractivity contribution in [3.63, 3.8) is 0 Å². The average molecular weight is 240 g/mol. The molecule has 4 heteroatoms. The Labute approximate surface area is 100 Å². The maximum absolute atomic E-state index is 11.9. The van der Waals surface area contributed by atoms with Crippen LogP contribution < -0.4 is 4.72 Å². The molecule has 1 N–H and O–H groups in total. The molecule has 0 radical (unpaired) electrons. The Balaban J connectivity index is 2.49. The molecular weight excluding hydrogens is 220 g/mol. The first-order valence-corrected chi connectivity index (χ1v) is 6.61. The first-order chi connectivity index (χ1) is 7.39. The molecule has 0 saturated carbocycles. The van der Waals surface area contributed by atoms with Gasteiger partial charge in [0.15, 0.2) is 0 Å². The van der Waals surface area contributed by atoms with E-state index in [0.29, 0.717) is 0 Å². The monoisotopic (exact) mass is 240 g/mol. The third-order valence-electron chi connectivity index (χ3n) is 2.16. The lowest BCUT2D eigenvalue weighted by molar-refractivity contribution is 0.603. The van der Waals surface area contributed by atoms with Crippen LogP contribution >= 0.6 is 0 Å². The molecule has 90 valence electrons. The molecule has 1 rings (SSSR count). The van der Waals surface area contributed by atoms with Gasteiger partial charge >= 0.3 is 0 Å². The molecule has 16 heavy (non-hydrogen) atoms. The third kappa shape index (κ3) is 4.41. The third-order valence-corrected chi connectivity index (χ3v) is 3.88. The number of nitrogens with one attached hydrogen (secondary N) is 1. The summed E-state index contributed by atoms with van der Waals surface area (Å²) in [5, 5.41) is 0. The molecule has 2 unspecified atom stereocenters. The molecule has 2 atom stereocenters. The molecule has 0 saturated heterocycles. The highest BCUT2D eigenvalue weighted by Gasteiger charge is 2.20. The van der Waals surface area contributed by atoms with E-state index >= 15 is 0 Å². The van der Waals surface area contributed by atoms with Crippen molar-refractivity contribution in [3.05, 3.63) is 30.1 Å². The predicted octanol–water partition coefficient (Wildman–Crippen LogP) is 2.06. The lowest BCUT2D eigenvalue weighted by atomic mass is 10.1. The highest BCUT2D eigenvalue weighted by Crippen LogP contribution is 2.10. The van der Waals surface area contributed by atoms with Crippen LogP contribution in [0.4, 0.5) is 0 Å². The first kappa shape index (κ1) is 13.3. The van der Waals surface area contributed by atoms with E-state index in [4.69, 9.17) is 0 Å². The zero-order valence-electron chi connectivity index (χ0n) is 10.4. The van der Waals surface area contributed by atoms with Gasteiger partial charge in [-0.1, -0.05) is 0 Å². The van der Waals surface area contributed by atoms with Crippen molar-refractivity contribution >= 4 is 11.0 Å². The number of hydrogen-bond acceptors (Lipinski definition) is 2. The topological polar surface area (TPSA) is 42.0 Å². The van der Waals surface area contributed by atoms with E-state index in [1.165, 1.54) is 5.56 Å².